The fraction of sp³-hybridized carbons (Fsp3) is 0.333. The summed E-state index contributed by atoms with van der Waals surface area (Å²) >= 11 is 1.57. The SMILES string of the molecule is COc1cc2cccc(Oc3ccc(NC(=O)NC(=O)CSC4CCCCC4)c(F)c3)c2cc1OC. The second-order valence-corrected chi connectivity index (χ2v) is 9.79. The number of thioether (sulfide) groups is 1. The number of carbonyl (C=O) groups excluding carboxylic acids is 2. The second-order valence-electron chi connectivity index (χ2n) is 8.50. The zero-order valence-electron chi connectivity index (χ0n) is 20.3. The Hall–Kier alpha value is -3.46. The molecule has 0 aliphatic heterocycles. The molecule has 3 aromatic rings. The number of urea groups is 1. The zero-order chi connectivity index (χ0) is 25.5. The highest BCUT2D eigenvalue weighted by molar-refractivity contribution is 8.00. The van der Waals surface area contributed by atoms with Gasteiger partial charge in [-0.2, -0.15) is 0 Å². The van der Waals surface area contributed by atoms with Crippen LogP contribution in [0, 0.1) is 5.82 Å². The molecule has 3 aromatic carbocycles. The van der Waals surface area contributed by atoms with Gasteiger partial charge in [0.25, 0.3) is 0 Å². The molecule has 36 heavy (non-hydrogen) atoms. The molecule has 0 atom stereocenters. The molecule has 0 heterocycles. The highest BCUT2D eigenvalue weighted by atomic mass is 32.2. The largest absolute Gasteiger partial charge is 0.493 e. The molecule has 190 valence electrons. The molecule has 3 amide bonds. The normalized spacial score (nSPS) is 13.8. The number of fused-ring (bicyclic) bond motifs is 1. The van der Waals surface area contributed by atoms with E-state index in [4.69, 9.17) is 14.2 Å². The highest BCUT2D eigenvalue weighted by Gasteiger charge is 2.17. The number of halogens is 1. The summed E-state index contributed by atoms with van der Waals surface area (Å²) in [5, 5.41) is 6.74. The van der Waals surface area contributed by atoms with Gasteiger partial charge in [0, 0.05) is 16.7 Å². The summed E-state index contributed by atoms with van der Waals surface area (Å²) in [5.41, 5.74) is -0.0584. The summed E-state index contributed by atoms with van der Waals surface area (Å²) in [5.74, 6) is 1.01. The molecule has 1 fully saturated rings. The quantitative estimate of drug-likeness (QED) is 0.358. The van der Waals surface area contributed by atoms with Gasteiger partial charge in [0.05, 0.1) is 25.7 Å². The van der Waals surface area contributed by atoms with Crippen LogP contribution in [0.2, 0.25) is 0 Å². The van der Waals surface area contributed by atoms with Crippen LogP contribution in [0.3, 0.4) is 0 Å². The zero-order valence-corrected chi connectivity index (χ0v) is 21.1. The lowest BCUT2D eigenvalue weighted by Crippen LogP contribution is -2.36. The number of rotatable bonds is 8. The van der Waals surface area contributed by atoms with Crippen molar-refractivity contribution in [2.24, 2.45) is 0 Å². The maximum atomic E-state index is 14.7. The Morgan fingerprint density at radius 1 is 0.972 bits per heavy atom. The van der Waals surface area contributed by atoms with Crippen LogP contribution >= 0.6 is 11.8 Å². The van der Waals surface area contributed by atoms with Crippen molar-refractivity contribution in [3.63, 3.8) is 0 Å². The molecule has 0 spiro atoms. The Kier molecular flexibility index (Phi) is 8.53. The van der Waals surface area contributed by atoms with Crippen molar-refractivity contribution in [2.75, 3.05) is 25.3 Å². The van der Waals surface area contributed by atoms with Gasteiger partial charge in [-0.3, -0.25) is 10.1 Å². The summed E-state index contributed by atoms with van der Waals surface area (Å²) in [6.07, 6.45) is 5.81. The molecule has 9 heteroatoms. The molecule has 0 saturated heterocycles. The van der Waals surface area contributed by atoms with E-state index in [0.717, 1.165) is 23.6 Å². The standard InChI is InChI=1S/C27H29FN2O5S/c1-33-24-13-17-7-6-10-23(20(17)15-25(24)34-2)35-18-11-12-22(21(28)14-18)29-27(32)30-26(31)16-36-19-8-4-3-5-9-19/h6-7,10-15,19H,3-5,8-9,16H2,1-2H3,(H2,29,30,31,32). The van der Waals surface area contributed by atoms with Crippen LogP contribution in [0.5, 0.6) is 23.0 Å². The van der Waals surface area contributed by atoms with Crippen molar-refractivity contribution in [3.8, 4) is 23.0 Å². The first kappa shape index (κ1) is 25.6. The van der Waals surface area contributed by atoms with Crippen molar-refractivity contribution in [1.82, 2.24) is 5.32 Å². The number of carbonyl (C=O) groups is 2. The van der Waals surface area contributed by atoms with Gasteiger partial charge in [0.15, 0.2) is 11.5 Å². The third kappa shape index (κ3) is 6.40. The number of benzene rings is 3. The molecule has 1 aliphatic carbocycles. The molecule has 1 aliphatic rings. The first-order valence-corrected chi connectivity index (χ1v) is 12.9. The van der Waals surface area contributed by atoms with Gasteiger partial charge in [0.2, 0.25) is 5.91 Å². The molecular formula is C27H29FN2O5S. The monoisotopic (exact) mass is 512 g/mol. The molecular weight excluding hydrogens is 483 g/mol. The lowest BCUT2D eigenvalue weighted by molar-refractivity contribution is -0.117. The Bertz CT molecular complexity index is 1250. The van der Waals surface area contributed by atoms with Crippen LogP contribution in [0.15, 0.2) is 48.5 Å². The number of hydrogen-bond acceptors (Lipinski definition) is 6. The molecule has 0 aromatic heterocycles. The minimum atomic E-state index is -0.771. The third-order valence-corrected chi connectivity index (χ3v) is 7.39. The van der Waals surface area contributed by atoms with Crippen LogP contribution in [0.4, 0.5) is 14.9 Å². The van der Waals surface area contributed by atoms with Crippen molar-refractivity contribution in [1.29, 1.82) is 0 Å². The van der Waals surface area contributed by atoms with Crippen molar-refractivity contribution < 1.29 is 28.2 Å². The number of amides is 3. The number of methoxy groups -OCH3 is 2. The summed E-state index contributed by atoms with van der Waals surface area (Å²) < 4.78 is 31.4. The molecule has 0 unspecified atom stereocenters. The topological polar surface area (TPSA) is 85.9 Å². The van der Waals surface area contributed by atoms with Crippen molar-refractivity contribution in [2.45, 2.75) is 37.4 Å². The molecule has 1 saturated carbocycles. The summed E-state index contributed by atoms with van der Waals surface area (Å²) in [4.78, 5) is 24.3. The van der Waals surface area contributed by atoms with E-state index in [9.17, 15) is 14.0 Å². The number of ether oxygens (including phenoxy) is 3. The molecule has 0 radical (unpaired) electrons. The summed E-state index contributed by atoms with van der Waals surface area (Å²) in [6, 6.07) is 12.5. The van der Waals surface area contributed by atoms with E-state index in [0.29, 0.717) is 22.5 Å². The predicted octanol–water partition coefficient (Wildman–Crippen LogP) is 6.50. The second kappa shape index (κ2) is 12.0. The minimum Gasteiger partial charge on any atom is -0.493 e. The van der Waals surface area contributed by atoms with Gasteiger partial charge in [-0.25, -0.2) is 9.18 Å². The number of hydrogen-bond donors (Lipinski definition) is 2. The lowest BCUT2D eigenvalue weighted by Gasteiger charge is -2.20. The number of nitrogens with one attached hydrogen (secondary N) is 2. The van der Waals surface area contributed by atoms with E-state index in [2.05, 4.69) is 10.6 Å². The number of imide groups is 1. The van der Waals surface area contributed by atoms with E-state index < -0.39 is 17.8 Å². The predicted molar refractivity (Wildman–Crippen MR) is 140 cm³/mol. The van der Waals surface area contributed by atoms with Gasteiger partial charge < -0.3 is 19.5 Å². The van der Waals surface area contributed by atoms with Crippen molar-refractivity contribution >= 4 is 40.2 Å². The maximum absolute atomic E-state index is 14.7. The van der Waals surface area contributed by atoms with E-state index in [1.54, 1.807) is 44.2 Å². The smallest absolute Gasteiger partial charge is 0.325 e. The van der Waals surface area contributed by atoms with Crippen LogP contribution in [-0.4, -0.2) is 37.2 Å². The molecule has 0 bridgehead atoms. The van der Waals surface area contributed by atoms with Crippen LogP contribution in [0.1, 0.15) is 32.1 Å². The maximum Gasteiger partial charge on any atom is 0.325 e. The Morgan fingerprint density at radius 2 is 1.72 bits per heavy atom. The van der Waals surface area contributed by atoms with Gasteiger partial charge in [-0.1, -0.05) is 31.4 Å². The average Bonchev–Trinajstić information content (AvgIpc) is 2.89. The fourth-order valence-electron chi connectivity index (χ4n) is 4.19. The van der Waals surface area contributed by atoms with Gasteiger partial charge in [0.1, 0.15) is 17.3 Å². The fourth-order valence-corrected chi connectivity index (χ4v) is 5.32. The van der Waals surface area contributed by atoms with Gasteiger partial charge >= 0.3 is 6.03 Å². The average molecular weight is 513 g/mol. The Labute approximate surface area is 213 Å². The van der Waals surface area contributed by atoms with Gasteiger partial charge in [-0.05, 0) is 48.6 Å². The van der Waals surface area contributed by atoms with Crippen LogP contribution in [-0.2, 0) is 4.79 Å². The summed E-state index contributed by atoms with van der Waals surface area (Å²) in [7, 11) is 3.11. The van der Waals surface area contributed by atoms with Gasteiger partial charge in [-0.15, -0.1) is 11.8 Å². The first-order valence-electron chi connectivity index (χ1n) is 11.8. The third-order valence-electron chi connectivity index (χ3n) is 6.02. The molecule has 4 rings (SSSR count). The van der Waals surface area contributed by atoms with Crippen LogP contribution < -0.4 is 24.8 Å². The van der Waals surface area contributed by atoms with E-state index in [-0.39, 0.29) is 17.2 Å². The Balaban J connectivity index is 1.38. The summed E-state index contributed by atoms with van der Waals surface area (Å²) in [6.45, 7) is 0. The molecule has 2 N–H and O–H groups in total. The lowest BCUT2D eigenvalue weighted by atomic mass is 10.0. The molecule has 7 nitrogen and oxygen atoms in total. The van der Waals surface area contributed by atoms with E-state index in [1.807, 2.05) is 18.2 Å². The van der Waals surface area contributed by atoms with Crippen molar-refractivity contribution in [3.05, 3.63) is 54.3 Å². The van der Waals surface area contributed by atoms with Crippen LogP contribution in [0.25, 0.3) is 10.8 Å². The Morgan fingerprint density at radius 3 is 2.44 bits per heavy atom. The first-order chi connectivity index (χ1) is 17.5. The van der Waals surface area contributed by atoms with E-state index >= 15 is 0 Å². The number of anilines is 1. The highest BCUT2D eigenvalue weighted by Crippen LogP contribution is 2.38. The minimum absolute atomic E-state index is 0.0584. The van der Waals surface area contributed by atoms with E-state index in [1.165, 1.54) is 31.4 Å².